The third-order valence-corrected chi connectivity index (χ3v) is 4.25. The van der Waals surface area contributed by atoms with Gasteiger partial charge in [-0.15, -0.1) is 0 Å². The summed E-state index contributed by atoms with van der Waals surface area (Å²) >= 11 is 0. The minimum absolute atomic E-state index is 0.246. The molecule has 4 heteroatoms. The van der Waals surface area contributed by atoms with Crippen molar-refractivity contribution in [1.29, 1.82) is 0 Å². The molecule has 0 aliphatic carbocycles. The molecule has 0 aromatic heterocycles. The Labute approximate surface area is 93.2 Å². The van der Waals surface area contributed by atoms with Gasteiger partial charge in [0.1, 0.15) is 4.90 Å². The van der Waals surface area contributed by atoms with E-state index in [9.17, 15) is 8.42 Å². The van der Waals surface area contributed by atoms with Gasteiger partial charge in [-0.2, -0.15) is 0 Å². The van der Waals surface area contributed by atoms with E-state index in [-0.39, 0.29) is 4.90 Å². The largest absolute Gasteiger partial charge is 0.448 e. The molecule has 80 valence electrons. The number of hydrogen-bond donors (Lipinski definition) is 0. The third kappa shape index (κ3) is 1.31. The maximum absolute atomic E-state index is 12.2. The molecule has 0 N–H and O–H groups in total. The van der Waals surface area contributed by atoms with Gasteiger partial charge < -0.3 is 4.74 Å². The van der Waals surface area contributed by atoms with Crippen LogP contribution in [0.3, 0.4) is 0 Å². The molecule has 3 nitrogen and oxygen atoms in total. The summed E-state index contributed by atoms with van der Waals surface area (Å²) in [4.78, 5) is 0.537. The lowest BCUT2D eigenvalue weighted by molar-refractivity contribution is 0.590. The van der Waals surface area contributed by atoms with Crippen LogP contribution in [0.5, 0.6) is 11.5 Å². The Hall–Kier alpha value is -1.81. The second-order valence-corrected chi connectivity index (χ2v) is 5.42. The highest BCUT2D eigenvalue weighted by Gasteiger charge is 2.32. The minimum Gasteiger partial charge on any atom is -0.448 e. The van der Waals surface area contributed by atoms with Gasteiger partial charge in [-0.05, 0) is 24.3 Å². The van der Waals surface area contributed by atoms with Crippen LogP contribution in [-0.4, -0.2) is 8.42 Å². The Kier molecular flexibility index (Phi) is 1.82. The van der Waals surface area contributed by atoms with Crippen LogP contribution in [0.2, 0.25) is 0 Å². The molecule has 0 radical (unpaired) electrons. The van der Waals surface area contributed by atoms with Crippen LogP contribution in [-0.2, 0) is 9.84 Å². The number of benzene rings is 2. The van der Waals surface area contributed by atoms with E-state index < -0.39 is 9.84 Å². The van der Waals surface area contributed by atoms with Crippen LogP contribution in [0.15, 0.2) is 58.3 Å². The molecule has 3 rings (SSSR count). The van der Waals surface area contributed by atoms with Gasteiger partial charge in [-0.3, -0.25) is 0 Å². The number of hydrogen-bond acceptors (Lipinski definition) is 3. The topological polar surface area (TPSA) is 46.7 Å². The van der Waals surface area contributed by atoms with Crippen molar-refractivity contribution in [2.24, 2.45) is 0 Å². The van der Waals surface area contributed by atoms with Crippen molar-refractivity contribution in [2.45, 2.75) is 9.79 Å². The zero-order chi connectivity index (χ0) is 11.2. The summed E-state index contributed by atoms with van der Waals surface area (Å²) in [7, 11) is -3.44. The maximum Gasteiger partial charge on any atom is 0.210 e. The molecule has 0 atom stereocenters. The van der Waals surface area contributed by atoms with Crippen molar-refractivity contribution in [3.05, 3.63) is 48.5 Å². The van der Waals surface area contributed by atoms with E-state index in [1.807, 2.05) is 0 Å². The first-order valence-electron chi connectivity index (χ1n) is 4.80. The molecule has 1 aliphatic rings. The van der Waals surface area contributed by atoms with E-state index >= 15 is 0 Å². The number of fused-ring (bicyclic) bond motifs is 1. The minimum atomic E-state index is -3.44. The molecule has 2 aromatic carbocycles. The van der Waals surface area contributed by atoms with Gasteiger partial charge in [-0.25, -0.2) is 8.42 Å². The molecular formula is C12H8O3S. The van der Waals surface area contributed by atoms with E-state index in [0.29, 0.717) is 16.4 Å². The molecule has 1 heterocycles. The zero-order valence-corrected chi connectivity index (χ0v) is 9.07. The second kappa shape index (κ2) is 3.09. The Morgan fingerprint density at radius 3 is 2.38 bits per heavy atom. The van der Waals surface area contributed by atoms with Gasteiger partial charge in [0.15, 0.2) is 11.5 Å². The van der Waals surface area contributed by atoms with Gasteiger partial charge in [0.05, 0.1) is 4.90 Å². The summed E-state index contributed by atoms with van der Waals surface area (Å²) in [6.45, 7) is 0. The molecule has 1 aliphatic heterocycles. The van der Waals surface area contributed by atoms with E-state index in [2.05, 4.69) is 0 Å². The van der Waals surface area contributed by atoms with Gasteiger partial charge in [0.2, 0.25) is 9.84 Å². The SMILES string of the molecule is O=S(=O)(c1ccccc1)c1cccc2c1O2. The quantitative estimate of drug-likeness (QED) is 0.638. The van der Waals surface area contributed by atoms with Crippen LogP contribution < -0.4 is 4.74 Å². The molecule has 0 fully saturated rings. The average molecular weight is 232 g/mol. The molecule has 0 unspecified atom stereocenters. The fourth-order valence-electron chi connectivity index (χ4n) is 1.60. The van der Waals surface area contributed by atoms with Crippen LogP contribution in [0.1, 0.15) is 0 Å². The Bertz CT molecular complexity index is 645. The van der Waals surface area contributed by atoms with Crippen molar-refractivity contribution in [3.8, 4) is 11.5 Å². The molecule has 0 bridgehead atoms. The Morgan fingerprint density at radius 1 is 0.875 bits per heavy atom. The maximum atomic E-state index is 12.2. The monoisotopic (exact) mass is 232 g/mol. The van der Waals surface area contributed by atoms with Crippen LogP contribution in [0.4, 0.5) is 0 Å². The third-order valence-electron chi connectivity index (χ3n) is 2.46. The van der Waals surface area contributed by atoms with Gasteiger partial charge in [0.25, 0.3) is 0 Å². The summed E-state index contributed by atoms with van der Waals surface area (Å²) in [5, 5.41) is 0. The normalized spacial score (nSPS) is 12.8. The molecule has 0 spiro atoms. The zero-order valence-electron chi connectivity index (χ0n) is 8.25. The van der Waals surface area contributed by atoms with Crippen molar-refractivity contribution in [1.82, 2.24) is 0 Å². The van der Waals surface area contributed by atoms with Crippen LogP contribution in [0.25, 0.3) is 0 Å². The predicted octanol–water partition coefficient (Wildman–Crippen LogP) is 2.63. The van der Waals surface area contributed by atoms with Gasteiger partial charge >= 0.3 is 0 Å². The number of ether oxygens (including phenoxy) is 1. The van der Waals surface area contributed by atoms with Crippen molar-refractivity contribution >= 4 is 9.84 Å². The first-order chi connectivity index (χ1) is 7.69. The van der Waals surface area contributed by atoms with E-state index in [1.54, 1.807) is 48.5 Å². The smallest absolute Gasteiger partial charge is 0.210 e. The summed E-state index contributed by atoms with van der Waals surface area (Å²) in [6.07, 6.45) is 0. The lowest BCUT2D eigenvalue weighted by Crippen LogP contribution is -2.00. The molecule has 16 heavy (non-hydrogen) atoms. The number of para-hydroxylation sites is 1. The molecular weight excluding hydrogens is 224 g/mol. The highest BCUT2D eigenvalue weighted by atomic mass is 32.2. The number of sulfone groups is 1. The van der Waals surface area contributed by atoms with Crippen LogP contribution in [0, 0.1) is 0 Å². The fraction of sp³-hybridized carbons (Fsp3) is 0. The molecule has 0 saturated carbocycles. The Morgan fingerprint density at radius 2 is 1.62 bits per heavy atom. The second-order valence-electron chi connectivity index (χ2n) is 3.50. The summed E-state index contributed by atoms with van der Waals surface area (Å²) in [5.41, 5.74) is 0. The van der Waals surface area contributed by atoms with Gasteiger partial charge in [0, 0.05) is 0 Å². The lowest BCUT2D eigenvalue weighted by Gasteiger charge is -2.01. The van der Waals surface area contributed by atoms with E-state index in [0.717, 1.165) is 0 Å². The van der Waals surface area contributed by atoms with Gasteiger partial charge in [-0.1, -0.05) is 24.3 Å². The van der Waals surface area contributed by atoms with Crippen molar-refractivity contribution in [2.75, 3.05) is 0 Å². The first kappa shape index (κ1) is 9.42. The summed E-state index contributed by atoms with van der Waals surface area (Å²) in [5.74, 6) is 1.13. The summed E-state index contributed by atoms with van der Waals surface area (Å²) < 4.78 is 29.5. The molecule has 2 aromatic rings. The predicted molar refractivity (Wildman–Crippen MR) is 58.4 cm³/mol. The molecule has 0 saturated heterocycles. The Balaban J connectivity index is 2.19. The summed E-state index contributed by atoms with van der Waals surface area (Å²) in [6, 6.07) is 13.3. The highest BCUT2D eigenvalue weighted by Crippen LogP contribution is 2.50. The van der Waals surface area contributed by atoms with Crippen molar-refractivity contribution in [3.63, 3.8) is 0 Å². The van der Waals surface area contributed by atoms with E-state index in [4.69, 9.17) is 4.74 Å². The highest BCUT2D eigenvalue weighted by molar-refractivity contribution is 7.91. The number of rotatable bonds is 2. The van der Waals surface area contributed by atoms with Crippen molar-refractivity contribution < 1.29 is 13.2 Å². The standard InChI is InChI=1S/C12H8O3S/c13-16(14,9-5-2-1-3-6-9)11-8-4-7-10-12(11)15-10/h1-8H. The first-order valence-corrected chi connectivity index (χ1v) is 6.29. The van der Waals surface area contributed by atoms with Crippen LogP contribution >= 0.6 is 0 Å². The lowest BCUT2D eigenvalue weighted by atomic mass is 10.4. The molecule has 0 amide bonds. The van der Waals surface area contributed by atoms with E-state index in [1.165, 1.54) is 0 Å². The average Bonchev–Trinajstić information content (AvgIpc) is 3.08. The fourth-order valence-corrected chi connectivity index (χ4v) is 3.02.